The molecule has 2 N–H and O–H groups in total. The Morgan fingerprint density at radius 2 is 2.05 bits per heavy atom. The summed E-state index contributed by atoms with van der Waals surface area (Å²) in [5.41, 5.74) is -0.144. The van der Waals surface area contributed by atoms with Gasteiger partial charge in [0.25, 0.3) is 5.56 Å². The molecule has 0 spiro atoms. The standard InChI is InChI=1S/C12H19N5O3/c1-5-20-6-7(2)13-11-14-8-9(15-11)16(3)12(19)17(4)10(8)18/h7H,5-6H2,1-4H3,(H2,13,14,15). The summed E-state index contributed by atoms with van der Waals surface area (Å²) in [7, 11) is 3.02. The number of hydrogen-bond donors (Lipinski definition) is 2. The highest BCUT2D eigenvalue weighted by Gasteiger charge is 2.14. The van der Waals surface area contributed by atoms with E-state index in [2.05, 4.69) is 15.3 Å². The van der Waals surface area contributed by atoms with Crippen LogP contribution >= 0.6 is 0 Å². The van der Waals surface area contributed by atoms with Gasteiger partial charge >= 0.3 is 5.69 Å². The van der Waals surface area contributed by atoms with Crippen LogP contribution in [0, 0.1) is 0 Å². The predicted octanol–water partition coefficient (Wildman–Crippen LogP) is -0.203. The first-order valence-corrected chi connectivity index (χ1v) is 6.45. The lowest BCUT2D eigenvalue weighted by molar-refractivity contribution is 0.141. The predicted molar refractivity (Wildman–Crippen MR) is 76.2 cm³/mol. The maximum Gasteiger partial charge on any atom is 0.332 e. The summed E-state index contributed by atoms with van der Waals surface area (Å²) in [6.45, 7) is 5.04. The first kappa shape index (κ1) is 14.3. The average molecular weight is 281 g/mol. The molecule has 0 saturated carbocycles. The molecule has 8 nitrogen and oxygen atoms in total. The van der Waals surface area contributed by atoms with Crippen LogP contribution < -0.4 is 16.6 Å². The Balaban J connectivity index is 2.39. The molecule has 2 heterocycles. The summed E-state index contributed by atoms with van der Waals surface area (Å²) in [6, 6.07) is 0.0383. The summed E-state index contributed by atoms with van der Waals surface area (Å²) >= 11 is 0. The zero-order valence-corrected chi connectivity index (χ0v) is 12.1. The highest BCUT2D eigenvalue weighted by molar-refractivity contribution is 5.72. The van der Waals surface area contributed by atoms with E-state index in [4.69, 9.17) is 4.74 Å². The van der Waals surface area contributed by atoms with Crippen molar-refractivity contribution in [3.05, 3.63) is 20.8 Å². The van der Waals surface area contributed by atoms with Crippen LogP contribution in [0.15, 0.2) is 9.59 Å². The number of fused-ring (bicyclic) bond motifs is 1. The third kappa shape index (κ3) is 2.46. The van der Waals surface area contributed by atoms with Crippen molar-refractivity contribution in [2.24, 2.45) is 14.1 Å². The van der Waals surface area contributed by atoms with Crippen LogP contribution in [0.25, 0.3) is 11.2 Å². The molecule has 1 unspecified atom stereocenters. The lowest BCUT2D eigenvalue weighted by Gasteiger charge is -2.11. The van der Waals surface area contributed by atoms with Gasteiger partial charge in [0.2, 0.25) is 5.95 Å². The monoisotopic (exact) mass is 281 g/mol. The molecule has 0 fully saturated rings. The first-order chi connectivity index (χ1) is 9.45. The van der Waals surface area contributed by atoms with E-state index < -0.39 is 5.69 Å². The molecule has 2 aromatic heterocycles. The molecule has 8 heteroatoms. The summed E-state index contributed by atoms with van der Waals surface area (Å²) in [4.78, 5) is 31.0. The second-order valence-electron chi connectivity index (χ2n) is 4.69. The molecule has 110 valence electrons. The smallest absolute Gasteiger partial charge is 0.332 e. The third-order valence-electron chi connectivity index (χ3n) is 3.05. The van der Waals surface area contributed by atoms with Gasteiger partial charge in [0.15, 0.2) is 11.2 Å². The number of hydrogen-bond acceptors (Lipinski definition) is 5. The number of aromatic nitrogens is 4. The van der Waals surface area contributed by atoms with E-state index >= 15 is 0 Å². The fraction of sp³-hybridized carbons (Fsp3) is 0.583. The van der Waals surface area contributed by atoms with Gasteiger partial charge in [0.05, 0.1) is 6.61 Å². The van der Waals surface area contributed by atoms with E-state index in [1.54, 1.807) is 7.05 Å². The van der Waals surface area contributed by atoms with Crippen LogP contribution in [0.4, 0.5) is 5.95 Å². The number of anilines is 1. The van der Waals surface area contributed by atoms with Gasteiger partial charge in [-0.2, -0.15) is 4.98 Å². The minimum Gasteiger partial charge on any atom is -0.380 e. The molecule has 0 aliphatic rings. The molecule has 2 rings (SSSR count). The largest absolute Gasteiger partial charge is 0.380 e. The SMILES string of the molecule is CCOCC(C)Nc1nc2c([nH]1)c(=O)n(C)c(=O)n2C. The van der Waals surface area contributed by atoms with Crippen LogP contribution in [0.5, 0.6) is 0 Å². The lowest BCUT2D eigenvalue weighted by Crippen LogP contribution is -2.36. The Kier molecular flexibility index (Phi) is 3.93. The Hall–Kier alpha value is -2.09. The third-order valence-corrected chi connectivity index (χ3v) is 3.05. The first-order valence-electron chi connectivity index (χ1n) is 6.45. The second kappa shape index (κ2) is 5.49. The fourth-order valence-electron chi connectivity index (χ4n) is 1.96. The van der Waals surface area contributed by atoms with Crippen molar-refractivity contribution in [2.45, 2.75) is 19.9 Å². The molecule has 0 amide bonds. The van der Waals surface area contributed by atoms with Gasteiger partial charge in [-0.15, -0.1) is 0 Å². The summed E-state index contributed by atoms with van der Waals surface area (Å²) in [5, 5.41) is 3.10. The van der Waals surface area contributed by atoms with E-state index in [1.807, 2.05) is 13.8 Å². The normalized spacial score (nSPS) is 12.8. The second-order valence-corrected chi connectivity index (χ2v) is 4.69. The average Bonchev–Trinajstić information content (AvgIpc) is 2.84. The molecule has 0 aromatic carbocycles. The quantitative estimate of drug-likeness (QED) is 0.791. The Morgan fingerprint density at radius 1 is 1.35 bits per heavy atom. The van der Waals surface area contributed by atoms with Crippen molar-refractivity contribution in [3.8, 4) is 0 Å². The molecule has 20 heavy (non-hydrogen) atoms. The van der Waals surface area contributed by atoms with Gasteiger partial charge in [0, 0.05) is 26.7 Å². The van der Waals surface area contributed by atoms with Crippen molar-refractivity contribution in [1.82, 2.24) is 19.1 Å². The fourth-order valence-corrected chi connectivity index (χ4v) is 1.96. The summed E-state index contributed by atoms with van der Waals surface area (Å²) in [5.74, 6) is 0.450. The Labute approximate surface area is 115 Å². The number of nitrogens with zero attached hydrogens (tertiary/aromatic N) is 3. The van der Waals surface area contributed by atoms with Crippen LogP contribution in [0.1, 0.15) is 13.8 Å². The molecule has 0 aliphatic carbocycles. The molecule has 1 atom stereocenters. The molecule has 0 bridgehead atoms. The number of nitrogens with one attached hydrogen (secondary N) is 2. The number of aryl methyl sites for hydroxylation is 1. The van der Waals surface area contributed by atoms with E-state index in [-0.39, 0.29) is 11.6 Å². The van der Waals surface area contributed by atoms with E-state index in [0.29, 0.717) is 30.3 Å². The molecular formula is C12H19N5O3. The van der Waals surface area contributed by atoms with Gasteiger partial charge in [-0.3, -0.25) is 13.9 Å². The highest BCUT2D eigenvalue weighted by atomic mass is 16.5. The molecular weight excluding hydrogens is 262 g/mol. The number of aromatic amines is 1. The molecule has 0 saturated heterocycles. The van der Waals surface area contributed by atoms with Crippen molar-refractivity contribution in [1.29, 1.82) is 0 Å². The lowest BCUT2D eigenvalue weighted by atomic mass is 10.4. The maximum atomic E-state index is 12.0. The number of rotatable bonds is 5. The van der Waals surface area contributed by atoms with E-state index in [9.17, 15) is 9.59 Å². The minimum absolute atomic E-state index is 0.0383. The van der Waals surface area contributed by atoms with Crippen molar-refractivity contribution in [3.63, 3.8) is 0 Å². The van der Waals surface area contributed by atoms with Crippen LogP contribution in [0.2, 0.25) is 0 Å². The summed E-state index contributed by atoms with van der Waals surface area (Å²) < 4.78 is 7.69. The zero-order valence-electron chi connectivity index (χ0n) is 12.1. The van der Waals surface area contributed by atoms with Crippen molar-refractivity contribution >= 4 is 17.1 Å². The summed E-state index contributed by atoms with van der Waals surface area (Å²) in [6.07, 6.45) is 0. The van der Waals surface area contributed by atoms with Gasteiger partial charge in [0.1, 0.15) is 0 Å². The van der Waals surface area contributed by atoms with E-state index in [0.717, 1.165) is 4.57 Å². The zero-order chi connectivity index (χ0) is 14.9. The number of imidazole rings is 1. The highest BCUT2D eigenvalue weighted by Crippen LogP contribution is 2.09. The topological polar surface area (TPSA) is 93.9 Å². The van der Waals surface area contributed by atoms with Gasteiger partial charge in [-0.05, 0) is 13.8 Å². The van der Waals surface area contributed by atoms with Crippen molar-refractivity contribution in [2.75, 3.05) is 18.5 Å². The number of H-pyrrole nitrogens is 1. The minimum atomic E-state index is -0.400. The molecule has 0 radical (unpaired) electrons. The Bertz CT molecular complexity index is 727. The van der Waals surface area contributed by atoms with E-state index in [1.165, 1.54) is 11.6 Å². The van der Waals surface area contributed by atoms with Gasteiger partial charge in [-0.25, -0.2) is 4.79 Å². The van der Waals surface area contributed by atoms with Crippen LogP contribution in [0.3, 0.4) is 0 Å². The molecule has 0 aliphatic heterocycles. The van der Waals surface area contributed by atoms with Gasteiger partial charge in [-0.1, -0.05) is 0 Å². The van der Waals surface area contributed by atoms with Crippen LogP contribution in [-0.4, -0.2) is 38.4 Å². The Morgan fingerprint density at radius 3 is 2.70 bits per heavy atom. The molecule has 2 aromatic rings. The van der Waals surface area contributed by atoms with Gasteiger partial charge < -0.3 is 15.0 Å². The maximum absolute atomic E-state index is 12.0. The van der Waals surface area contributed by atoms with Crippen LogP contribution in [-0.2, 0) is 18.8 Å². The number of ether oxygens (including phenoxy) is 1. The van der Waals surface area contributed by atoms with Crippen molar-refractivity contribution < 1.29 is 4.74 Å².